The number of hydrogen-bond acceptors (Lipinski definition) is 1. The molecule has 2 heteroatoms. The molecule has 1 nitrogen and oxygen atoms in total. The van der Waals surface area contributed by atoms with Crippen LogP contribution in [-0.2, 0) is 11.2 Å². The molecule has 1 aromatic rings. The molecular formula is C12H14OS. The van der Waals surface area contributed by atoms with Crippen LogP contribution < -0.4 is 0 Å². The Hall–Kier alpha value is -0.730. The molecule has 0 saturated carbocycles. The molecule has 74 valence electrons. The molecule has 1 aliphatic heterocycles. The lowest BCUT2D eigenvalue weighted by molar-refractivity contribution is 0.579. The summed E-state index contributed by atoms with van der Waals surface area (Å²) in [5.41, 5.74) is 3.22. The summed E-state index contributed by atoms with van der Waals surface area (Å²) in [5, 5.41) is 0. The van der Waals surface area contributed by atoms with Crippen LogP contribution in [0.25, 0.3) is 5.57 Å². The van der Waals surface area contributed by atoms with E-state index in [1.807, 2.05) is 39.0 Å². The first-order chi connectivity index (χ1) is 6.44. The van der Waals surface area contributed by atoms with Gasteiger partial charge in [-0.25, -0.2) is 0 Å². The topological polar surface area (TPSA) is 23.1 Å². The highest BCUT2D eigenvalue weighted by Crippen LogP contribution is 2.46. The minimum absolute atomic E-state index is 0.309. The van der Waals surface area contributed by atoms with Crippen molar-refractivity contribution in [2.24, 2.45) is 0 Å². The van der Waals surface area contributed by atoms with Gasteiger partial charge in [0.1, 0.15) is 0 Å². The Kier molecular flexibility index (Phi) is 2.02. The van der Waals surface area contributed by atoms with Crippen LogP contribution in [0.15, 0.2) is 29.7 Å². The third-order valence-electron chi connectivity index (χ3n) is 2.85. The quantitative estimate of drug-likeness (QED) is 0.598. The molecule has 0 bridgehead atoms. The van der Waals surface area contributed by atoms with Crippen molar-refractivity contribution in [1.82, 2.24) is 0 Å². The molecule has 0 spiro atoms. The maximum atomic E-state index is 12.1. The highest BCUT2D eigenvalue weighted by molar-refractivity contribution is 7.93. The number of aryl methyl sites for hydroxylation is 1. The maximum absolute atomic E-state index is 12.1. The van der Waals surface area contributed by atoms with Gasteiger partial charge in [-0.1, -0.05) is 12.6 Å². The summed E-state index contributed by atoms with van der Waals surface area (Å²) in [6, 6.07) is 6.08. The smallest absolute Gasteiger partial charge is 0.161 e. The molecule has 0 radical (unpaired) electrons. The van der Waals surface area contributed by atoms with Gasteiger partial charge in [-0.3, -0.25) is 0 Å². The molecule has 0 fully saturated rings. The Bertz CT molecular complexity index is 407. The van der Waals surface area contributed by atoms with Gasteiger partial charge in [-0.15, -0.1) is 0 Å². The van der Waals surface area contributed by atoms with Gasteiger partial charge in [0.25, 0.3) is 0 Å². The van der Waals surface area contributed by atoms with E-state index in [0.29, 0.717) is 0 Å². The van der Waals surface area contributed by atoms with Gasteiger partial charge in [0.2, 0.25) is 0 Å². The van der Waals surface area contributed by atoms with Crippen molar-refractivity contribution < 1.29 is 4.55 Å². The van der Waals surface area contributed by atoms with Crippen LogP contribution in [0.4, 0.5) is 0 Å². The molecule has 14 heavy (non-hydrogen) atoms. The molecular weight excluding hydrogens is 192 g/mol. The fraction of sp³-hybridized carbons (Fsp3) is 0.333. The molecule has 1 aromatic carbocycles. The Labute approximate surface area is 88.0 Å². The monoisotopic (exact) mass is 206 g/mol. The summed E-state index contributed by atoms with van der Waals surface area (Å²) in [7, 11) is 0. The van der Waals surface area contributed by atoms with Crippen molar-refractivity contribution in [3.63, 3.8) is 0 Å². The van der Waals surface area contributed by atoms with Crippen molar-refractivity contribution >= 4 is 16.7 Å². The first kappa shape index (κ1) is 9.81. The fourth-order valence-corrected chi connectivity index (χ4v) is 3.31. The summed E-state index contributed by atoms with van der Waals surface area (Å²) in [4.78, 5) is 0.944. The van der Waals surface area contributed by atoms with E-state index in [2.05, 4.69) is 6.58 Å². The first-order valence-corrected chi connectivity index (χ1v) is 5.82. The van der Waals surface area contributed by atoms with E-state index >= 15 is 0 Å². The average Bonchev–Trinajstić information content (AvgIpc) is 2.29. The van der Waals surface area contributed by atoms with Gasteiger partial charge in [0.15, 0.2) is 9.64 Å². The van der Waals surface area contributed by atoms with Gasteiger partial charge in [-0.2, -0.15) is 0 Å². The van der Waals surface area contributed by atoms with Gasteiger partial charge >= 0.3 is 0 Å². The molecule has 1 aliphatic rings. The predicted octanol–water partition coefficient (Wildman–Crippen LogP) is 2.91. The van der Waals surface area contributed by atoms with Crippen molar-refractivity contribution in [2.45, 2.75) is 30.4 Å². The Morgan fingerprint density at radius 1 is 1.36 bits per heavy atom. The fourth-order valence-electron chi connectivity index (χ4n) is 1.74. The van der Waals surface area contributed by atoms with Crippen LogP contribution in [0.2, 0.25) is 0 Å². The first-order valence-electron chi connectivity index (χ1n) is 4.67. The lowest BCUT2D eigenvalue weighted by Crippen LogP contribution is -2.26. The molecule has 1 atom stereocenters. The van der Waals surface area contributed by atoms with Gasteiger partial charge in [0, 0.05) is 11.1 Å². The summed E-state index contributed by atoms with van der Waals surface area (Å²) in [6.45, 7) is 10.0. The van der Waals surface area contributed by atoms with E-state index < -0.39 is 11.2 Å². The number of rotatable bonds is 0. The zero-order valence-corrected chi connectivity index (χ0v) is 9.57. The maximum Gasteiger partial charge on any atom is 0.161 e. The van der Waals surface area contributed by atoms with Crippen LogP contribution in [0, 0.1) is 6.92 Å². The minimum Gasteiger partial charge on any atom is -0.611 e. The van der Waals surface area contributed by atoms with E-state index in [4.69, 9.17) is 0 Å². The van der Waals surface area contributed by atoms with E-state index in [-0.39, 0.29) is 4.75 Å². The molecule has 2 rings (SSSR count). The molecule has 0 aliphatic carbocycles. The van der Waals surface area contributed by atoms with Crippen molar-refractivity contribution in [2.75, 3.05) is 0 Å². The normalized spacial score (nSPS) is 23.7. The van der Waals surface area contributed by atoms with E-state index in [0.717, 1.165) is 21.6 Å². The summed E-state index contributed by atoms with van der Waals surface area (Å²) in [6.07, 6.45) is 0. The van der Waals surface area contributed by atoms with Gasteiger partial charge in [0.05, 0.1) is 0 Å². The molecule has 0 saturated heterocycles. The van der Waals surface area contributed by atoms with Crippen LogP contribution in [0.1, 0.15) is 25.0 Å². The molecule has 0 aromatic heterocycles. The molecule has 0 amide bonds. The van der Waals surface area contributed by atoms with Crippen LogP contribution in [0.3, 0.4) is 0 Å². The number of hydrogen-bond donors (Lipinski definition) is 0. The van der Waals surface area contributed by atoms with E-state index in [1.54, 1.807) is 0 Å². The van der Waals surface area contributed by atoms with Crippen LogP contribution >= 0.6 is 0 Å². The van der Waals surface area contributed by atoms with E-state index in [1.165, 1.54) is 0 Å². The lowest BCUT2D eigenvalue weighted by Gasteiger charge is -2.21. The number of benzene rings is 1. The van der Waals surface area contributed by atoms with Crippen molar-refractivity contribution in [1.29, 1.82) is 0 Å². The summed E-state index contributed by atoms with van der Waals surface area (Å²) in [5.74, 6) is 0. The predicted molar refractivity (Wildman–Crippen MR) is 60.7 cm³/mol. The second-order valence-corrected chi connectivity index (χ2v) is 6.26. The van der Waals surface area contributed by atoms with Crippen LogP contribution in [0.5, 0.6) is 0 Å². The third-order valence-corrected chi connectivity index (χ3v) is 4.76. The minimum atomic E-state index is -0.948. The molecule has 0 N–H and O–H groups in total. The Morgan fingerprint density at radius 2 is 2.00 bits per heavy atom. The molecule has 1 heterocycles. The Balaban J connectivity index is 2.65. The zero-order chi connectivity index (χ0) is 10.5. The largest absolute Gasteiger partial charge is 0.611 e. The van der Waals surface area contributed by atoms with Crippen molar-refractivity contribution in [3.05, 3.63) is 35.9 Å². The SMILES string of the molecule is C=C1c2ccc(C)cc2[S+]([O-])C1(C)C. The highest BCUT2D eigenvalue weighted by atomic mass is 32.2. The van der Waals surface area contributed by atoms with Gasteiger partial charge < -0.3 is 4.55 Å². The van der Waals surface area contributed by atoms with Crippen LogP contribution in [-0.4, -0.2) is 9.30 Å². The molecule has 1 unspecified atom stereocenters. The van der Waals surface area contributed by atoms with Gasteiger partial charge in [-0.05, 0) is 49.6 Å². The van der Waals surface area contributed by atoms with Crippen molar-refractivity contribution in [3.8, 4) is 0 Å². The third kappa shape index (κ3) is 1.14. The number of fused-ring (bicyclic) bond motifs is 1. The lowest BCUT2D eigenvalue weighted by atomic mass is 9.96. The second-order valence-electron chi connectivity index (χ2n) is 4.26. The van der Waals surface area contributed by atoms with E-state index in [9.17, 15) is 4.55 Å². The Morgan fingerprint density at radius 3 is 2.64 bits per heavy atom. The summed E-state index contributed by atoms with van der Waals surface area (Å²) < 4.78 is 11.8. The summed E-state index contributed by atoms with van der Waals surface area (Å²) >= 11 is -0.948. The standard InChI is InChI=1S/C12H14OS/c1-8-5-6-10-9(2)12(3,4)14(13)11(10)7-8/h5-7H,2H2,1,3-4H3. The highest BCUT2D eigenvalue weighted by Gasteiger charge is 2.45. The zero-order valence-electron chi connectivity index (χ0n) is 8.76. The average molecular weight is 206 g/mol. The second kappa shape index (κ2) is 2.88.